The molecule has 0 spiro atoms. The summed E-state index contributed by atoms with van der Waals surface area (Å²) < 4.78 is 0. The molecule has 0 unspecified atom stereocenters. The number of unbranched alkanes of at least 4 members (excludes halogenated alkanes) is 1. The van der Waals surface area contributed by atoms with Crippen LogP contribution < -0.4 is 10.6 Å². The third kappa shape index (κ3) is 2.16. The van der Waals surface area contributed by atoms with Crippen LogP contribution in [0.2, 0.25) is 0 Å². The second-order valence-corrected chi connectivity index (χ2v) is 2.64. The zero-order valence-electron chi connectivity index (χ0n) is 7.62. The van der Waals surface area contributed by atoms with Gasteiger partial charge in [-0.3, -0.25) is 0 Å². The van der Waals surface area contributed by atoms with Gasteiger partial charge in [0, 0.05) is 11.4 Å². The zero-order chi connectivity index (χ0) is 8.81. The van der Waals surface area contributed by atoms with Gasteiger partial charge in [-0.15, -0.1) is 0 Å². The summed E-state index contributed by atoms with van der Waals surface area (Å²) in [5, 5.41) is 2.17. The van der Waals surface area contributed by atoms with Gasteiger partial charge < -0.3 is 0 Å². The third-order valence-electron chi connectivity index (χ3n) is 1.71. The van der Waals surface area contributed by atoms with Gasteiger partial charge in [-0.05, 0) is 13.3 Å². The minimum atomic E-state index is 1.05. The molecule has 0 saturated heterocycles. The summed E-state index contributed by atoms with van der Waals surface area (Å²) in [6.07, 6.45) is 9.85. The first kappa shape index (κ1) is 8.91. The maximum atomic E-state index is 4.19. The SMILES string of the molecule is C/C=c1/cncn/c1=C/CCC. The minimum Gasteiger partial charge on any atom is -0.244 e. The van der Waals surface area contributed by atoms with Crippen molar-refractivity contribution in [2.24, 2.45) is 0 Å². The summed E-state index contributed by atoms with van der Waals surface area (Å²) in [5.41, 5.74) is 0. The van der Waals surface area contributed by atoms with E-state index in [1.165, 1.54) is 0 Å². The van der Waals surface area contributed by atoms with Crippen LogP contribution in [0.3, 0.4) is 0 Å². The first-order valence-corrected chi connectivity index (χ1v) is 4.31. The molecule has 0 fully saturated rings. The van der Waals surface area contributed by atoms with E-state index < -0.39 is 0 Å². The fourth-order valence-corrected chi connectivity index (χ4v) is 1.02. The van der Waals surface area contributed by atoms with Gasteiger partial charge in [0.05, 0.1) is 5.35 Å². The Labute approximate surface area is 72.7 Å². The lowest BCUT2D eigenvalue weighted by Crippen LogP contribution is -2.27. The smallest absolute Gasteiger partial charge is 0.116 e. The van der Waals surface area contributed by atoms with Crippen molar-refractivity contribution in [2.75, 3.05) is 0 Å². The molecule has 0 aliphatic heterocycles. The highest BCUT2D eigenvalue weighted by Gasteiger charge is 1.83. The van der Waals surface area contributed by atoms with Crippen LogP contribution in [0, 0.1) is 0 Å². The van der Waals surface area contributed by atoms with E-state index in [2.05, 4.69) is 23.0 Å². The number of aromatic nitrogens is 2. The van der Waals surface area contributed by atoms with Crippen molar-refractivity contribution in [3.05, 3.63) is 23.1 Å². The first-order valence-electron chi connectivity index (χ1n) is 4.31. The highest BCUT2D eigenvalue weighted by atomic mass is 14.8. The lowest BCUT2D eigenvalue weighted by molar-refractivity contribution is 0.980. The minimum absolute atomic E-state index is 1.05. The van der Waals surface area contributed by atoms with Crippen molar-refractivity contribution >= 4 is 12.2 Å². The van der Waals surface area contributed by atoms with E-state index in [0.717, 1.165) is 23.4 Å². The van der Waals surface area contributed by atoms with Crippen LogP contribution in [-0.2, 0) is 0 Å². The van der Waals surface area contributed by atoms with Crippen molar-refractivity contribution in [1.29, 1.82) is 0 Å². The molecular formula is C10H14N2. The number of rotatable bonds is 2. The van der Waals surface area contributed by atoms with Crippen molar-refractivity contribution in [1.82, 2.24) is 9.97 Å². The summed E-state index contributed by atoms with van der Waals surface area (Å²) in [4.78, 5) is 8.15. The van der Waals surface area contributed by atoms with Crippen LogP contribution in [0.25, 0.3) is 12.2 Å². The average Bonchev–Trinajstić information content (AvgIpc) is 2.15. The van der Waals surface area contributed by atoms with Crippen LogP contribution >= 0.6 is 0 Å². The quantitative estimate of drug-likeness (QED) is 0.644. The Hall–Kier alpha value is -1.18. The highest BCUT2D eigenvalue weighted by molar-refractivity contribution is 5.24. The maximum Gasteiger partial charge on any atom is 0.116 e. The molecule has 2 heteroatoms. The highest BCUT2D eigenvalue weighted by Crippen LogP contribution is 1.84. The zero-order valence-corrected chi connectivity index (χ0v) is 7.62. The molecule has 2 nitrogen and oxygen atoms in total. The molecule has 0 amide bonds. The van der Waals surface area contributed by atoms with E-state index in [-0.39, 0.29) is 0 Å². The Balaban J connectivity index is 3.15. The second kappa shape index (κ2) is 4.65. The molecular weight excluding hydrogens is 148 g/mol. The lowest BCUT2D eigenvalue weighted by atomic mass is 10.3. The molecule has 0 N–H and O–H groups in total. The normalized spacial score (nSPS) is 13.8. The van der Waals surface area contributed by atoms with Crippen molar-refractivity contribution in [2.45, 2.75) is 26.7 Å². The summed E-state index contributed by atoms with van der Waals surface area (Å²) >= 11 is 0. The van der Waals surface area contributed by atoms with Gasteiger partial charge in [0.1, 0.15) is 6.33 Å². The molecule has 0 aliphatic rings. The van der Waals surface area contributed by atoms with Gasteiger partial charge in [-0.2, -0.15) is 0 Å². The molecule has 64 valence electrons. The molecule has 0 radical (unpaired) electrons. The Kier molecular flexibility index (Phi) is 3.45. The molecule has 0 atom stereocenters. The van der Waals surface area contributed by atoms with E-state index >= 15 is 0 Å². The predicted octanol–water partition coefficient (Wildman–Crippen LogP) is 0.858. The van der Waals surface area contributed by atoms with Crippen LogP contribution in [0.5, 0.6) is 0 Å². The average molecular weight is 162 g/mol. The number of hydrogen-bond acceptors (Lipinski definition) is 2. The van der Waals surface area contributed by atoms with Gasteiger partial charge in [0.15, 0.2) is 0 Å². The largest absolute Gasteiger partial charge is 0.244 e. The molecule has 1 aromatic rings. The second-order valence-electron chi connectivity index (χ2n) is 2.64. The first-order chi connectivity index (χ1) is 5.88. The van der Waals surface area contributed by atoms with Crippen LogP contribution in [-0.4, -0.2) is 9.97 Å². The molecule has 1 rings (SSSR count). The third-order valence-corrected chi connectivity index (χ3v) is 1.71. The predicted molar refractivity (Wildman–Crippen MR) is 50.8 cm³/mol. The van der Waals surface area contributed by atoms with E-state index in [9.17, 15) is 0 Å². The van der Waals surface area contributed by atoms with Gasteiger partial charge in [0.2, 0.25) is 0 Å². The lowest BCUT2D eigenvalue weighted by Gasteiger charge is -1.87. The standard InChI is InChI=1S/C10H14N2/c1-3-5-6-10-9(4-2)7-11-8-12-10/h4,6-8H,3,5H2,1-2H3/b9-4-,10-6+. The molecule has 0 saturated carbocycles. The van der Waals surface area contributed by atoms with Crippen LogP contribution in [0.4, 0.5) is 0 Å². The summed E-state index contributed by atoms with van der Waals surface area (Å²) in [6.45, 7) is 4.16. The Bertz CT molecular complexity index is 341. The van der Waals surface area contributed by atoms with Gasteiger partial charge in [0.25, 0.3) is 0 Å². The van der Waals surface area contributed by atoms with E-state index in [1.807, 2.05) is 19.2 Å². The van der Waals surface area contributed by atoms with E-state index in [1.54, 1.807) is 6.33 Å². The number of hydrogen-bond donors (Lipinski definition) is 0. The van der Waals surface area contributed by atoms with Gasteiger partial charge in [-0.25, -0.2) is 9.97 Å². The van der Waals surface area contributed by atoms with Gasteiger partial charge in [-0.1, -0.05) is 25.5 Å². The number of nitrogens with zero attached hydrogens (tertiary/aromatic N) is 2. The Morgan fingerprint density at radius 2 is 2.33 bits per heavy atom. The molecule has 0 bridgehead atoms. The monoisotopic (exact) mass is 162 g/mol. The van der Waals surface area contributed by atoms with Crippen molar-refractivity contribution in [3.8, 4) is 0 Å². The van der Waals surface area contributed by atoms with Crippen LogP contribution in [0.15, 0.2) is 12.5 Å². The van der Waals surface area contributed by atoms with Crippen molar-refractivity contribution < 1.29 is 0 Å². The molecule has 1 heterocycles. The Morgan fingerprint density at radius 1 is 1.50 bits per heavy atom. The summed E-state index contributed by atoms with van der Waals surface area (Å²) in [5.74, 6) is 0. The molecule has 12 heavy (non-hydrogen) atoms. The summed E-state index contributed by atoms with van der Waals surface area (Å²) in [6, 6.07) is 0. The molecule has 1 aromatic heterocycles. The van der Waals surface area contributed by atoms with E-state index in [4.69, 9.17) is 0 Å². The fourth-order valence-electron chi connectivity index (χ4n) is 1.02. The van der Waals surface area contributed by atoms with E-state index in [0.29, 0.717) is 0 Å². The fraction of sp³-hybridized carbons (Fsp3) is 0.400. The van der Waals surface area contributed by atoms with Crippen LogP contribution in [0.1, 0.15) is 26.7 Å². The topological polar surface area (TPSA) is 25.8 Å². The summed E-state index contributed by atoms with van der Waals surface area (Å²) in [7, 11) is 0. The maximum absolute atomic E-state index is 4.19. The van der Waals surface area contributed by atoms with Crippen molar-refractivity contribution in [3.63, 3.8) is 0 Å². The molecule has 0 aromatic carbocycles. The van der Waals surface area contributed by atoms with Gasteiger partial charge >= 0.3 is 0 Å². The Morgan fingerprint density at radius 3 is 3.00 bits per heavy atom. The molecule has 0 aliphatic carbocycles.